The van der Waals surface area contributed by atoms with E-state index in [2.05, 4.69) is 43.1 Å². The summed E-state index contributed by atoms with van der Waals surface area (Å²) >= 11 is 0. The highest BCUT2D eigenvalue weighted by Crippen LogP contribution is 2.42. The van der Waals surface area contributed by atoms with Gasteiger partial charge in [0.1, 0.15) is 5.52 Å². The minimum Gasteiger partial charge on any atom is -0.504 e. The minimum absolute atomic E-state index is 0.0114. The van der Waals surface area contributed by atoms with E-state index in [0.29, 0.717) is 35.6 Å². The van der Waals surface area contributed by atoms with Gasteiger partial charge in [-0.05, 0) is 55.7 Å². The van der Waals surface area contributed by atoms with Crippen LogP contribution in [-0.2, 0) is 0 Å². The Morgan fingerprint density at radius 1 is 1.14 bits per heavy atom. The van der Waals surface area contributed by atoms with Gasteiger partial charge in [-0.2, -0.15) is 13.3 Å². The lowest BCUT2D eigenvalue weighted by Gasteiger charge is -2.30. The van der Waals surface area contributed by atoms with Crippen LogP contribution in [0.4, 0.5) is 14.7 Å². The third-order valence-electron chi connectivity index (χ3n) is 7.20. The number of nitrogen functional groups attached to an aromatic ring is 1. The number of halogens is 2. The number of phenolic OH excluding ortho intramolecular Hbond substituents is 1. The van der Waals surface area contributed by atoms with Crippen molar-refractivity contribution in [2.24, 2.45) is 5.92 Å². The molecule has 0 radical (unpaired) electrons. The van der Waals surface area contributed by atoms with Crippen molar-refractivity contribution in [2.45, 2.75) is 70.8 Å². The lowest BCUT2D eigenvalue weighted by Crippen LogP contribution is -2.19. The molecule has 0 spiro atoms. The second-order valence-corrected chi connectivity index (χ2v) is 10.1. The summed E-state index contributed by atoms with van der Waals surface area (Å²) in [5.74, 6) is 0.812. The van der Waals surface area contributed by atoms with Gasteiger partial charge in [0.05, 0.1) is 0 Å². The molecule has 1 aliphatic rings. The van der Waals surface area contributed by atoms with Crippen molar-refractivity contribution in [2.75, 3.05) is 5.73 Å². The van der Waals surface area contributed by atoms with Gasteiger partial charge in [-0.3, -0.25) is 0 Å². The fraction of sp³-hybridized carbons (Fsp3) is 0.444. The summed E-state index contributed by atoms with van der Waals surface area (Å²) in [7, 11) is 0. The zero-order valence-electron chi connectivity index (χ0n) is 20.7. The van der Waals surface area contributed by atoms with E-state index in [1.165, 1.54) is 21.7 Å². The first-order valence-corrected chi connectivity index (χ1v) is 12.4. The van der Waals surface area contributed by atoms with Crippen molar-refractivity contribution in [3.63, 3.8) is 0 Å². The van der Waals surface area contributed by atoms with E-state index < -0.39 is 17.6 Å². The number of aromatic hydroxyl groups is 1. The van der Waals surface area contributed by atoms with Crippen LogP contribution in [0.25, 0.3) is 16.6 Å². The van der Waals surface area contributed by atoms with Crippen LogP contribution in [0.3, 0.4) is 0 Å². The van der Waals surface area contributed by atoms with Crippen LogP contribution in [0.15, 0.2) is 36.4 Å². The average Bonchev–Trinajstić information content (AvgIpc) is 3.24. The highest BCUT2D eigenvalue weighted by Gasteiger charge is 2.30. The number of hydrogen-bond donors (Lipinski definition) is 2. The van der Waals surface area contributed by atoms with Gasteiger partial charge < -0.3 is 15.6 Å². The number of nitrogens with two attached hydrogens (primary N) is 1. The minimum atomic E-state index is -3.50. The largest absolute Gasteiger partial charge is 0.504 e. The average molecular weight is 496 g/mol. The van der Waals surface area contributed by atoms with Crippen LogP contribution in [0.5, 0.6) is 11.5 Å². The predicted octanol–water partition coefficient (Wildman–Crippen LogP) is 6.33. The van der Waals surface area contributed by atoms with E-state index in [0.717, 1.165) is 32.1 Å². The van der Waals surface area contributed by atoms with Crippen molar-refractivity contribution in [1.82, 2.24) is 19.6 Å². The Morgan fingerprint density at radius 3 is 2.67 bits per heavy atom. The maximum Gasteiger partial charge on any atom is 0.395 e. The Hall–Kier alpha value is -3.49. The van der Waals surface area contributed by atoms with E-state index in [9.17, 15) is 13.9 Å². The van der Waals surface area contributed by atoms with Crippen molar-refractivity contribution >= 4 is 22.5 Å². The predicted molar refractivity (Wildman–Crippen MR) is 135 cm³/mol. The number of hydrogen-bond acceptors (Lipinski definition) is 6. The van der Waals surface area contributed by atoms with Crippen LogP contribution in [-0.4, -0.2) is 30.8 Å². The summed E-state index contributed by atoms with van der Waals surface area (Å²) in [5, 5.41) is 15.3. The third-order valence-corrected chi connectivity index (χ3v) is 7.20. The van der Waals surface area contributed by atoms with Crippen molar-refractivity contribution in [1.29, 1.82) is 0 Å². The number of rotatable bonds is 4. The molecule has 1 saturated carbocycles. The zero-order valence-corrected chi connectivity index (χ0v) is 20.7. The molecule has 0 amide bonds. The molecule has 3 unspecified atom stereocenters. The summed E-state index contributed by atoms with van der Waals surface area (Å²) in [6.07, 6.45) is 1.75. The van der Waals surface area contributed by atoms with Gasteiger partial charge in [0.25, 0.3) is 0 Å². The molecule has 2 heterocycles. The smallest absolute Gasteiger partial charge is 0.395 e. The van der Waals surface area contributed by atoms with E-state index >= 15 is 0 Å². The maximum atomic E-state index is 13.6. The van der Waals surface area contributed by atoms with Gasteiger partial charge in [0.15, 0.2) is 23.0 Å². The number of aromatic nitrogens is 4. The van der Waals surface area contributed by atoms with Crippen LogP contribution in [0, 0.1) is 12.8 Å². The molecule has 1 fully saturated rings. The highest BCUT2D eigenvalue weighted by molar-refractivity contribution is 5.97. The molecule has 190 valence electrons. The molecule has 3 atom stereocenters. The number of ether oxygens (including phenoxy) is 1. The standard InChI is InChI=1S/C27H31F2N5O2/c1-15-7-6-9-17(13-15)19-10-5-4-8-18(14-16(19)2)24-32-25-20-11-12-21(35)23(36-27(3,28)29)22(20)31-26(30)34(25)33-24/h6-7,9,11-13,16,18-19,35H,4-5,8,10,14H2,1-3H3,(H2,30,31). The number of anilines is 1. The Bertz CT molecular complexity index is 1420. The van der Waals surface area contributed by atoms with Crippen LogP contribution >= 0.6 is 0 Å². The van der Waals surface area contributed by atoms with Gasteiger partial charge in [-0.1, -0.05) is 49.6 Å². The number of alkyl halides is 2. The Morgan fingerprint density at radius 2 is 1.92 bits per heavy atom. The molecule has 9 heteroatoms. The van der Waals surface area contributed by atoms with Gasteiger partial charge in [0, 0.05) is 18.2 Å². The topological polar surface area (TPSA) is 98.6 Å². The number of aryl methyl sites for hydroxylation is 1. The van der Waals surface area contributed by atoms with Gasteiger partial charge in [-0.25, -0.2) is 9.97 Å². The van der Waals surface area contributed by atoms with Crippen molar-refractivity contribution < 1.29 is 18.6 Å². The molecular formula is C27H31F2N5O2. The highest BCUT2D eigenvalue weighted by atomic mass is 19.3. The quantitative estimate of drug-likeness (QED) is 0.343. The molecule has 1 aliphatic carbocycles. The second-order valence-electron chi connectivity index (χ2n) is 10.1. The third kappa shape index (κ3) is 4.66. The summed E-state index contributed by atoms with van der Waals surface area (Å²) < 4.78 is 33.4. The molecule has 36 heavy (non-hydrogen) atoms. The molecule has 2 aromatic carbocycles. The van der Waals surface area contributed by atoms with Gasteiger partial charge >= 0.3 is 6.11 Å². The summed E-state index contributed by atoms with van der Waals surface area (Å²) in [4.78, 5) is 9.05. The van der Waals surface area contributed by atoms with Gasteiger partial charge in [-0.15, -0.1) is 5.10 Å². The fourth-order valence-corrected chi connectivity index (χ4v) is 5.53. The van der Waals surface area contributed by atoms with Crippen molar-refractivity contribution in [3.8, 4) is 11.5 Å². The molecule has 7 nitrogen and oxygen atoms in total. The van der Waals surface area contributed by atoms with E-state index in [4.69, 9.17) is 20.6 Å². The SMILES string of the molecule is Cc1cccc(C2CCCCC(c3nc4c5ccc(O)c(OC(C)(F)F)c5nc(N)n4n3)CC2C)c1. The number of fused-ring (bicyclic) bond motifs is 3. The fourth-order valence-electron chi connectivity index (χ4n) is 5.53. The first kappa shape index (κ1) is 24.2. The monoisotopic (exact) mass is 495 g/mol. The molecule has 0 bridgehead atoms. The second kappa shape index (κ2) is 9.19. The molecule has 2 aromatic heterocycles. The summed E-state index contributed by atoms with van der Waals surface area (Å²) in [6, 6.07) is 11.6. The summed E-state index contributed by atoms with van der Waals surface area (Å²) in [6.45, 7) is 5.02. The Kier molecular flexibility index (Phi) is 6.18. The lowest BCUT2D eigenvalue weighted by atomic mass is 9.75. The molecule has 0 aliphatic heterocycles. The van der Waals surface area contributed by atoms with Crippen molar-refractivity contribution in [3.05, 3.63) is 53.3 Å². The van der Waals surface area contributed by atoms with E-state index in [1.807, 2.05) is 0 Å². The normalized spacial score (nSPS) is 21.4. The van der Waals surface area contributed by atoms with E-state index in [-0.39, 0.29) is 17.4 Å². The van der Waals surface area contributed by atoms with Crippen LogP contribution < -0.4 is 10.5 Å². The molecular weight excluding hydrogens is 464 g/mol. The van der Waals surface area contributed by atoms with E-state index in [1.54, 1.807) is 6.07 Å². The number of phenols is 1. The molecule has 3 N–H and O–H groups in total. The molecule has 5 rings (SSSR count). The van der Waals surface area contributed by atoms with Crippen LogP contribution in [0.2, 0.25) is 0 Å². The summed E-state index contributed by atoms with van der Waals surface area (Å²) in [5.41, 5.74) is 9.24. The Labute approximate surface area is 208 Å². The van der Waals surface area contributed by atoms with Gasteiger partial charge in [0.2, 0.25) is 5.95 Å². The first-order valence-electron chi connectivity index (χ1n) is 12.4. The number of nitrogens with zero attached hydrogens (tertiary/aromatic N) is 4. The molecule has 0 saturated heterocycles. The number of benzene rings is 2. The van der Waals surface area contributed by atoms with Crippen LogP contribution in [0.1, 0.15) is 74.7 Å². The zero-order chi connectivity index (χ0) is 25.6. The first-order chi connectivity index (χ1) is 17.1. The maximum absolute atomic E-state index is 13.6. The molecule has 4 aromatic rings. The Balaban J connectivity index is 1.53. The lowest BCUT2D eigenvalue weighted by molar-refractivity contribution is -0.159.